The average molecular weight is 279 g/mol. The molecule has 0 bridgehead atoms. The third kappa shape index (κ3) is 2.71. The second-order valence-electron chi connectivity index (χ2n) is 4.83. The molecular formula is C13H17N3O4. The van der Waals surface area contributed by atoms with Gasteiger partial charge in [0, 0.05) is 12.7 Å². The molecule has 1 N–H and O–H groups in total. The number of carbonyl (C=O) groups excluding carboxylic acids is 1. The summed E-state index contributed by atoms with van der Waals surface area (Å²) in [5, 5.41) is 9.39. The Morgan fingerprint density at radius 2 is 2.25 bits per heavy atom. The normalized spacial score (nSPS) is 22.4. The Balaban J connectivity index is 2.33. The zero-order valence-corrected chi connectivity index (χ0v) is 11.4. The molecule has 0 amide bonds. The monoisotopic (exact) mass is 279 g/mol. The molecule has 0 saturated carbocycles. The molecule has 1 aromatic rings. The van der Waals surface area contributed by atoms with Gasteiger partial charge in [-0.2, -0.15) is 0 Å². The number of methoxy groups -OCH3 is 1. The summed E-state index contributed by atoms with van der Waals surface area (Å²) in [6.07, 6.45) is 3.19. The number of carboxylic acids is 1. The number of hydrogen-bond donors (Lipinski definition) is 1. The van der Waals surface area contributed by atoms with E-state index in [1.54, 1.807) is 11.0 Å². The predicted molar refractivity (Wildman–Crippen MR) is 70.5 cm³/mol. The van der Waals surface area contributed by atoms with Crippen molar-refractivity contribution in [3.8, 4) is 0 Å². The number of carbonyl (C=O) groups is 2. The summed E-state index contributed by atoms with van der Waals surface area (Å²) in [6, 6.07) is 0.976. The molecule has 0 aliphatic carbocycles. The Morgan fingerprint density at radius 3 is 2.90 bits per heavy atom. The highest BCUT2D eigenvalue weighted by Crippen LogP contribution is 2.27. The van der Waals surface area contributed by atoms with Crippen molar-refractivity contribution in [1.29, 1.82) is 0 Å². The molecule has 1 saturated heterocycles. The molecule has 2 unspecified atom stereocenters. The van der Waals surface area contributed by atoms with Crippen molar-refractivity contribution in [1.82, 2.24) is 9.97 Å². The fraction of sp³-hybridized carbons (Fsp3) is 0.538. The van der Waals surface area contributed by atoms with Crippen LogP contribution in [-0.4, -0.2) is 46.7 Å². The van der Waals surface area contributed by atoms with Gasteiger partial charge in [0.05, 0.1) is 7.11 Å². The van der Waals surface area contributed by atoms with E-state index in [4.69, 9.17) is 0 Å². The minimum absolute atomic E-state index is 0.0257. The van der Waals surface area contributed by atoms with Gasteiger partial charge in [0.25, 0.3) is 0 Å². The quantitative estimate of drug-likeness (QED) is 0.823. The molecule has 1 aliphatic heterocycles. The van der Waals surface area contributed by atoms with Crippen molar-refractivity contribution in [3.05, 3.63) is 18.1 Å². The van der Waals surface area contributed by atoms with Crippen LogP contribution in [0.4, 0.5) is 5.82 Å². The first-order valence-electron chi connectivity index (χ1n) is 6.45. The maximum absolute atomic E-state index is 11.4. The maximum Gasteiger partial charge on any atom is 0.376 e. The lowest BCUT2D eigenvalue weighted by Gasteiger charge is -2.38. The van der Waals surface area contributed by atoms with Crippen LogP contribution in [0.25, 0.3) is 0 Å². The highest BCUT2D eigenvalue weighted by atomic mass is 16.5. The summed E-state index contributed by atoms with van der Waals surface area (Å²) in [5.74, 6) is -1.11. The van der Waals surface area contributed by atoms with Gasteiger partial charge in [-0.05, 0) is 24.8 Å². The third-order valence-corrected chi connectivity index (χ3v) is 3.49. The molecule has 0 radical (unpaired) electrons. The molecule has 7 heteroatoms. The number of rotatable bonds is 3. The summed E-state index contributed by atoms with van der Waals surface area (Å²) in [4.78, 5) is 32.6. The van der Waals surface area contributed by atoms with Crippen molar-refractivity contribution < 1.29 is 19.4 Å². The molecule has 20 heavy (non-hydrogen) atoms. The fourth-order valence-electron chi connectivity index (χ4n) is 2.52. The smallest absolute Gasteiger partial charge is 0.376 e. The molecule has 2 heterocycles. The number of aromatic nitrogens is 2. The Morgan fingerprint density at radius 1 is 1.50 bits per heavy atom. The number of anilines is 1. The lowest BCUT2D eigenvalue weighted by Crippen LogP contribution is -2.49. The van der Waals surface area contributed by atoms with Crippen molar-refractivity contribution in [2.75, 3.05) is 18.6 Å². The minimum Gasteiger partial charge on any atom is -0.480 e. The highest BCUT2D eigenvalue weighted by molar-refractivity contribution is 5.85. The molecule has 2 rings (SSSR count). The number of esters is 1. The molecule has 1 fully saturated rings. The van der Waals surface area contributed by atoms with Crippen LogP contribution in [-0.2, 0) is 9.53 Å². The summed E-state index contributed by atoms with van der Waals surface area (Å²) >= 11 is 0. The number of nitrogens with zero attached hydrogens (tertiary/aromatic N) is 3. The first-order valence-corrected chi connectivity index (χ1v) is 6.45. The Bertz CT molecular complexity index is 520. The number of piperidine rings is 1. The molecule has 7 nitrogen and oxygen atoms in total. The van der Waals surface area contributed by atoms with Crippen LogP contribution in [0.15, 0.2) is 12.3 Å². The molecule has 1 aromatic heterocycles. The highest BCUT2D eigenvalue weighted by Gasteiger charge is 2.35. The molecule has 1 aliphatic rings. The van der Waals surface area contributed by atoms with E-state index in [0.29, 0.717) is 12.4 Å². The van der Waals surface area contributed by atoms with Crippen LogP contribution in [0.5, 0.6) is 0 Å². The number of ether oxygens (including phenoxy) is 1. The van der Waals surface area contributed by atoms with E-state index in [1.807, 2.05) is 6.92 Å². The van der Waals surface area contributed by atoms with Crippen molar-refractivity contribution >= 4 is 17.8 Å². The summed E-state index contributed by atoms with van der Waals surface area (Å²) in [7, 11) is 1.25. The van der Waals surface area contributed by atoms with E-state index in [-0.39, 0.29) is 11.7 Å². The van der Waals surface area contributed by atoms with Crippen molar-refractivity contribution in [2.24, 2.45) is 5.92 Å². The summed E-state index contributed by atoms with van der Waals surface area (Å²) in [5.41, 5.74) is 0. The van der Waals surface area contributed by atoms with Gasteiger partial charge in [0.15, 0.2) is 0 Å². The lowest BCUT2D eigenvalue weighted by molar-refractivity contribution is -0.140. The van der Waals surface area contributed by atoms with Gasteiger partial charge in [-0.3, -0.25) is 0 Å². The number of carboxylic acid groups (broad SMARTS) is 1. The summed E-state index contributed by atoms with van der Waals surface area (Å²) < 4.78 is 4.58. The lowest BCUT2D eigenvalue weighted by atomic mass is 9.91. The van der Waals surface area contributed by atoms with Crippen LogP contribution >= 0.6 is 0 Å². The predicted octanol–water partition coefficient (Wildman–Crippen LogP) is 0.953. The standard InChI is InChI=1S/C13H17N3O4/c1-8-4-3-7-16(10(8)12(17)18)9-5-6-14-11(15-9)13(19)20-2/h5-6,8,10H,3-4,7H2,1-2H3,(H,17,18). The zero-order chi connectivity index (χ0) is 14.7. The first-order chi connectivity index (χ1) is 9.54. The van der Waals surface area contributed by atoms with Gasteiger partial charge in [-0.1, -0.05) is 6.92 Å². The van der Waals surface area contributed by atoms with Crippen LogP contribution in [0, 0.1) is 5.92 Å². The van der Waals surface area contributed by atoms with Crippen molar-refractivity contribution in [2.45, 2.75) is 25.8 Å². The molecular weight excluding hydrogens is 262 g/mol. The molecule has 108 valence electrons. The van der Waals surface area contributed by atoms with Gasteiger partial charge in [0.1, 0.15) is 11.9 Å². The maximum atomic E-state index is 11.4. The van der Waals surface area contributed by atoms with E-state index < -0.39 is 18.0 Å². The van der Waals surface area contributed by atoms with Gasteiger partial charge in [-0.25, -0.2) is 19.6 Å². The Labute approximate surface area is 116 Å². The van der Waals surface area contributed by atoms with Crippen LogP contribution < -0.4 is 4.90 Å². The van der Waals surface area contributed by atoms with Crippen LogP contribution in [0.3, 0.4) is 0 Å². The first kappa shape index (κ1) is 14.2. The van der Waals surface area contributed by atoms with Gasteiger partial charge >= 0.3 is 11.9 Å². The summed E-state index contributed by atoms with van der Waals surface area (Å²) in [6.45, 7) is 2.51. The van der Waals surface area contributed by atoms with E-state index >= 15 is 0 Å². The SMILES string of the molecule is COC(=O)c1nccc(N2CCCC(C)C2C(=O)O)n1. The molecule has 0 aromatic carbocycles. The van der Waals surface area contributed by atoms with Gasteiger partial charge in [0.2, 0.25) is 5.82 Å². The number of hydrogen-bond acceptors (Lipinski definition) is 6. The fourth-order valence-corrected chi connectivity index (χ4v) is 2.52. The van der Waals surface area contributed by atoms with E-state index in [9.17, 15) is 14.7 Å². The molecule has 2 atom stereocenters. The van der Waals surface area contributed by atoms with Crippen LogP contribution in [0.1, 0.15) is 30.4 Å². The topological polar surface area (TPSA) is 92.6 Å². The second kappa shape index (κ2) is 5.85. The average Bonchev–Trinajstić information content (AvgIpc) is 2.45. The molecule has 0 spiro atoms. The Hall–Kier alpha value is -2.18. The van der Waals surface area contributed by atoms with E-state index in [1.165, 1.54) is 13.3 Å². The second-order valence-corrected chi connectivity index (χ2v) is 4.83. The van der Waals surface area contributed by atoms with Gasteiger partial charge < -0.3 is 14.7 Å². The van der Waals surface area contributed by atoms with E-state index in [2.05, 4.69) is 14.7 Å². The van der Waals surface area contributed by atoms with E-state index in [0.717, 1.165) is 12.8 Å². The van der Waals surface area contributed by atoms with Crippen LogP contribution in [0.2, 0.25) is 0 Å². The largest absolute Gasteiger partial charge is 0.480 e. The van der Waals surface area contributed by atoms with Crippen molar-refractivity contribution in [3.63, 3.8) is 0 Å². The minimum atomic E-state index is -0.879. The van der Waals surface area contributed by atoms with Gasteiger partial charge in [-0.15, -0.1) is 0 Å². The number of aliphatic carboxylic acids is 1. The Kier molecular flexibility index (Phi) is 4.16. The third-order valence-electron chi connectivity index (χ3n) is 3.49. The zero-order valence-electron chi connectivity index (χ0n) is 11.4.